The zero-order valence-electron chi connectivity index (χ0n) is 7.85. The van der Waals surface area contributed by atoms with Crippen LogP contribution in [0.3, 0.4) is 0 Å². The zero-order valence-corrected chi connectivity index (χ0v) is 7.85. The van der Waals surface area contributed by atoms with E-state index < -0.39 is 0 Å². The molecule has 0 saturated carbocycles. The Balaban J connectivity index is 2.09. The monoisotopic (exact) mass is 178 g/mol. The Kier molecular flexibility index (Phi) is 2.29. The third-order valence-corrected chi connectivity index (χ3v) is 2.19. The van der Waals surface area contributed by atoms with Crippen LogP contribution in [0.4, 0.5) is 0 Å². The second-order valence-corrected chi connectivity index (χ2v) is 3.20. The summed E-state index contributed by atoms with van der Waals surface area (Å²) < 4.78 is 3.80. The molecule has 13 heavy (non-hydrogen) atoms. The summed E-state index contributed by atoms with van der Waals surface area (Å²) in [5.74, 6) is 0. The largest absolute Gasteiger partial charge is 0.246 e. The maximum atomic E-state index is 4.24. The second-order valence-electron chi connectivity index (χ2n) is 3.20. The molecule has 4 nitrogen and oxygen atoms in total. The van der Waals surface area contributed by atoms with Crippen LogP contribution < -0.4 is 0 Å². The van der Waals surface area contributed by atoms with Crippen molar-refractivity contribution in [1.82, 2.24) is 19.4 Å². The van der Waals surface area contributed by atoms with Gasteiger partial charge in [-0.1, -0.05) is 19.8 Å². The van der Waals surface area contributed by atoms with Gasteiger partial charge in [0.15, 0.2) is 5.65 Å². The quantitative estimate of drug-likeness (QED) is 0.668. The van der Waals surface area contributed by atoms with Crippen molar-refractivity contribution in [2.75, 3.05) is 0 Å². The Hall–Kier alpha value is -1.32. The molecule has 0 atom stereocenters. The number of unbranched alkanes of at least 4 members (excludes halogenated alkanes) is 2. The average Bonchev–Trinajstić information content (AvgIpc) is 2.68. The van der Waals surface area contributed by atoms with Gasteiger partial charge >= 0.3 is 0 Å². The summed E-state index contributed by atoms with van der Waals surface area (Å²) in [6.45, 7) is 3.20. The predicted molar refractivity (Wildman–Crippen MR) is 50.5 cm³/mol. The Morgan fingerprint density at radius 3 is 3.08 bits per heavy atom. The maximum absolute atomic E-state index is 4.24. The molecule has 4 heteroatoms. The number of aryl methyl sites for hydroxylation is 1. The lowest BCUT2D eigenvalue weighted by Crippen LogP contribution is -1.99. The summed E-state index contributed by atoms with van der Waals surface area (Å²) in [5, 5.41) is 8.35. The number of fused-ring (bicyclic) bond motifs is 1. The van der Waals surface area contributed by atoms with E-state index in [1.165, 1.54) is 19.3 Å². The molecular formula is C9H14N4. The van der Waals surface area contributed by atoms with Crippen LogP contribution in [0.5, 0.6) is 0 Å². The third-order valence-electron chi connectivity index (χ3n) is 2.19. The molecule has 0 aliphatic rings. The van der Waals surface area contributed by atoms with E-state index in [-0.39, 0.29) is 0 Å². The first kappa shape index (κ1) is 8.29. The molecule has 70 valence electrons. The first-order chi connectivity index (χ1) is 6.42. The van der Waals surface area contributed by atoms with Gasteiger partial charge in [0.2, 0.25) is 0 Å². The van der Waals surface area contributed by atoms with Crippen LogP contribution in [-0.2, 0) is 6.54 Å². The van der Waals surface area contributed by atoms with Gasteiger partial charge in [0.05, 0.1) is 6.20 Å². The highest BCUT2D eigenvalue weighted by Gasteiger charge is 2.00. The number of hydrogen-bond acceptors (Lipinski definition) is 2. The van der Waals surface area contributed by atoms with Crippen LogP contribution in [-0.4, -0.2) is 19.4 Å². The number of rotatable bonds is 4. The molecule has 0 aliphatic heterocycles. The van der Waals surface area contributed by atoms with Crippen molar-refractivity contribution in [3.05, 3.63) is 18.6 Å². The van der Waals surface area contributed by atoms with E-state index in [9.17, 15) is 0 Å². The highest BCUT2D eigenvalue weighted by molar-refractivity contribution is 5.35. The minimum atomic E-state index is 0.996. The standard InChI is InChI=1S/C9H14N4/c1-2-3-4-7-12-9-5-6-10-13(9)8-11-12/h5-6,8H,2-4,7H2,1H3. The lowest BCUT2D eigenvalue weighted by Gasteiger charge is -1.99. The van der Waals surface area contributed by atoms with Crippen LogP contribution in [0.15, 0.2) is 18.6 Å². The Bertz CT molecular complexity index is 374. The highest BCUT2D eigenvalue weighted by atomic mass is 15.4. The molecule has 2 rings (SSSR count). The minimum Gasteiger partial charge on any atom is -0.246 e. The van der Waals surface area contributed by atoms with Crippen molar-refractivity contribution in [2.45, 2.75) is 32.7 Å². The van der Waals surface area contributed by atoms with Gasteiger partial charge in [-0.2, -0.15) is 10.2 Å². The molecule has 0 amide bonds. The molecule has 0 fully saturated rings. The molecule has 2 heterocycles. The minimum absolute atomic E-state index is 0.996. The summed E-state index contributed by atoms with van der Waals surface area (Å²) in [6.07, 6.45) is 7.25. The fourth-order valence-corrected chi connectivity index (χ4v) is 1.45. The van der Waals surface area contributed by atoms with E-state index in [2.05, 4.69) is 17.1 Å². The summed E-state index contributed by atoms with van der Waals surface area (Å²) in [5.41, 5.74) is 1.08. The molecule has 0 radical (unpaired) electrons. The molecule has 0 aliphatic carbocycles. The Morgan fingerprint density at radius 1 is 1.31 bits per heavy atom. The van der Waals surface area contributed by atoms with Crippen molar-refractivity contribution in [3.8, 4) is 0 Å². The third kappa shape index (κ3) is 1.56. The molecular weight excluding hydrogens is 164 g/mol. The first-order valence-corrected chi connectivity index (χ1v) is 4.77. The van der Waals surface area contributed by atoms with E-state index in [0.29, 0.717) is 0 Å². The Labute approximate surface area is 77.2 Å². The van der Waals surface area contributed by atoms with Crippen molar-refractivity contribution < 1.29 is 0 Å². The number of hydrogen-bond donors (Lipinski definition) is 0. The normalized spacial score (nSPS) is 11.2. The molecule has 2 aromatic rings. The van der Waals surface area contributed by atoms with Crippen molar-refractivity contribution in [1.29, 1.82) is 0 Å². The topological polar surface area (TPSA) is 35.1 Å². The fourth-order valence-electron chi connectivity index (χ4n) is 1.45. The van der Waals surface area contributed by atoms with Crippen LogP contribution >= 0.6 is 0 Å². The van der Waals surface area contributed by atoms with Gasteiger partial charge in [-0.3, -0.25) is 0 Å². The van der Waals surface area contributed by atoms with Gasteiger partial charge in [0.25, 0.3) is 0 Å². The highest BCUT2D eigenvalue weighted by Crippen LogP contribution is 2.03. The van der Waals surface area contributed by atoms with Crippen LogP contribution in [0.25, 0.3) is 5.65 Å². The summed E-state index contributed by atoms with van der Waals surface area (Å²) >= 11 is 0. The summed E-state index contributed by atoms with van der Waals surface area (Å²) in [6, 6.07) is 1.99. The van der Waals surface area contributed by atoms with Gasteiger partial charge in [-0.25, -0.2) is 9.20 Å². The van der Waals surface area contributed by atoms with Gasteiger partial charge in [-0.05, 0) is 6.42 Å². The first-order valence-electron chi connectivity index (χ1n) is 4.77. The lowest BCUT2D eigenvalue weighted by atomic mass is 10.2. The maximum Gasteiger partial charge on any atom is 0.153 e. The molecule has 0 aromatic carbocycles. The fraction of sp³-hybridized carbons (Fsp3) is 0.556. The van der Waals surface area contributed by atoms with E-state index in [1.54, 1.807) is 17.0 Å². The summed E-state index contributed by atoms with van der Waals surface area (Å²) in [4.78, 5) is 0. The predicted octanol–water partition coefficient (Wildman–Crippen LogP) is 1.72. The smallest absolute Gasteiger partial charge is 0.153 e. The van der Waals surface area contributed by atoms with Gasteiger partial charge in [0.1, 0.15) is 6.33 Å². The average molecular weight is 178 g/mol. The van der Waals surface area contributed by atoms with Crippen LogP contribution in [0.1, 0.15) is 26.2 Å². The van der Waals surface area contributed by atoms with Gasteiger partial charge in [-0.15, -0.1) is 0 Å². The van der Waals surface area contributed by atoms with Gasteiger partial charge in [0, 0.05) is 12.6 Å². The zero-order chi connectivity index (χ0) is 9.10. The van der Waals surface area contributed by atoms with Gasteiger partial charge < -0.3 is 0 Å². The van der Waals surface area contributed by atoms with E-state index >= 15 is 0 Å². The SMILES string of the molecule is CCCCCn1ncn2nccc12. The van der Waals surface area contributed by atoms with E-state index in [1.807, 2.05) is 10.7 Å². The Morgan fingerprint density at radius 2 is 2.23 bits per heavy atom. The second kappa shape index (κ2) is 3.60. The molecule has 0 spiro atoms. The van der Waals surface area contributed by atoms with E-state index in [4.69, 9.17) is 0 Å². The van der Waals surface area contributed by atoms with E-state index in [0.717, 1.165) is 12.2 Å². The summed E-state index contributed by atoms with van der Waals surface area (Å²) in [7, 11) is 0. The van der Waals surface area contributed by atoms with Crippen molar-refractivity contribution in [2.24, 2.45) is 0 Å². The number of aromatic nitrogens is 4. The molecule has 0 N–H and O–H groups in total. The van der Waals surface area contributed by atoms with Crippen LogP contribution in [0.2, 0.25) is 0 Å². The molecule has 0 bridgehead atoms. The molecule has 0 unspecified atom stereocenters. The molecule has 0 saturated heterocycles. The number of nitrogens with zero attached hydrogens (tertiary/aromatic N) is 4. The molecule has 2 aromatic heterocycles. The van der Waals surface area contributed by atoms with Crippen molar-refractivity contribution in [3.63, 3.8) is 0 Å². The van der Waals surface area contributed by atoms with Crippen molar-refractivity contribution >= 4 is 5.65 Å². The lowest BCUT2D eigenvalue weighted by molar-refractivity contribution is 0.567. The van der Waals surface area contributed by atoms with Crippen LogP contribution in [0, 0.1) is 0 Å².